The zero-order valence-corrected chi connectivity index (χ0v) is 13.9. The van der Waals surface area contributed by atoms with E-state index in [0.29, 0.717) is 4.90 Å². The highest BCUT2D eigenvalue weighted by Gasteiger charge is 2.35. The Morgan fingerprint density at radius 3 is 1.50 bits per heavy atom. The van der Waals surface area contributed by atoms with Crippen molar-refractivity contribution in [3.8, 4) is 0 Å². The van der Waals surface area contributed by atoms with Gasteiger partial charge in [-0.3, -0.25) is 5.41 Å². The average molecular weight is 319 g/mol. The molecule has 3 N–H and O–H groups in total. The van der Waals surface area contributed by atoms with E-state index in [1.165, 1.54) is 14.2 Å². The van der Waals surface area contributed by atoms with E-state index in [1.54, 1.807) is 27.7 Å². The highest BCUT2D eigenvalue weighted by molar-refractivity contribution is 6.06. The minimum Gasteiger partial charge on any atom is -0.440 e. The van der Waals surface area contributed by atoms with Crippen molar-refractivity contribution in [2.24, 2.45) is 5.73 Å². The molecule has 0 atom stereocenters. The molecule has 0 bridgehead atoms. The van der Waals surface area contributed by atoms with Crippen LogP contribution < -0.4 is 5.73 Å². The lowest BCUT2D eigenvalue weighted by atomic mass is 10.1. The molecule has 0 aliphatic heterocycles. The molecule has 0 rings (SSSR count). The summed E-state index contributed by atoms with van der Waals surface area (Å²) >= 11 is 0. The summed E-state index contributed by atoms with van der Waals surface area (Å²) in [6.45, 7) is 6.57. The third-order valence-electron chi connectivity index (χ3n) is 2.32. The monoisotopic (exact) mass is 319 g/mol. The lowest BCUT2D eigenvalue weighted by molar-refractivity contribution is -0.0416. The van der Waals surface area contributed by atoms with Crippen LogP contribution in [0.15, 0.2) is 0 Å². The van der Waals surface area contributed by atoms with Crippen molar-refractivity contribution in [1.29, 1.82) is 5.41 Å². The highest BCUT2D eigenvalue weighted by Crippen LogP contribution is 2.15. The van der Waals surface area contributed by atoms with E-state index >= 15 is 0 Å². The number of hydrogen-bond acceptors (Lipinski definition) is 7. The Morgan fingerprint density at radius 1 is 0.955 bits per heavy atom. The number of carbonyl (C=O) groups is 2. The van der Waals surface area contributed by atoms with Gasteiger partial charge < -0.3 is 24.7 Å². The number of nitrogens with zero attached hydrogens (tertiary/aromatic N) is 1. The van der Waals surface area contributed by atoms with Crippen molar-refractivity contribution < 1.29 is 28.5 Å². The van der Waals surface area contributed by atoms with Crippen LogP contribution in [0.2, 0.25) is 0 Å². The minimum atomic E-state index is -1.12. The Bertz CT molecular complexity index is 390. The second kappa shape index (κ2) is 7.95. The standard InChI is InChI=1S/C13H25N3O6/c1-12(2,7-19-5)21-10(17)16(9(14)15)11(18)22-13(3,4)8-20-6/h7-8H2,1-6H3,(H3,14,15). The molecule has 0 aromatic heterocycles. The molecule has 0 spiro atoms. The number of carbonyl (C=O) groups excluding carboxylic acids is 2. The van der Waals surface area contributed by atoms with Gasteiger partial charge in [-0.05, 0) is 27.7 Å². The number of nitrogens with two attached hydrogens (primary N) is 1. The second-order valence-corrected chi connectivity index (χ2v) is 5.84. The predicted molar refractivity (Wildman–Crippen MR) is 78.6 cm³/mol. The maximum atomic E-state index is 12.1. The predicted octanol–water partition coefficient (Wildman–Crippen LogP) is 1.31. The molecule has 0 unspecified atom stereocenters. The number of hydrogen-bond donors (Lipinski definition) is 2. The number of methoxy groups -OCH3 is 2. The fourth-order valence-corrected chi connectivity index (χ4v) is 1.59. The summed E-state index contributed by atoms with van der Waals surface area (Å²) in [5.41, 5.74) is 3.27. The minimum absolute atomic E-state index is 0.106. The number of ether oxygens (including phenoxy) is 4. The van der Waals surface area contributed by atoms with E-state index in [0.717, 1.165) is 0 Å². The van der Waals surface area contributed by atoms with E-state index in [1.807, 2.05) is 0 Å². The van der Waals surface area contributed by atoms with Crippen LogP contribution in [0.1, 0.15) is 27.7 Å². The van der Waals surface area contributed by atoms with Gasteiger partial charge in [0, 0.05) is 14.2 Å². The lowest BCUT2D eigenvalue weighted by Crippen LogP contribution is -2.51. The van der Waals surface area contributed by atoms with Crippen molar-refractivity contribution in [1.82, 2.24) is 4.90 Å². The lowest BCUT2D eigenvalue weighted by Gasteiger charge is -2.30. The summed E-state index contributed by atoms with van der Waals surface area (Å²) in [6, 6.07) is 0. The van der Waals surface area contributed by atoms with E-state index in [-0.39, 0.29) is 13.2 Å². The molecule has 0 aromatic carbocycles. The van der Waals surface area contributed by atoms with Gasteiger partial charge in [0.25, 0.3) is 0 Å². The van der Waals surface area contributed by atoms with Crippen LogP contribution in [0, 0.1) is 5.41 Å². The summed E-state index contributed by atoms with van der Waals surface area (Å²) in [4.78, 5) is 24.4. The zero-order valence-electron chi connectivity index (χ0n) is 13.9. The van der Waals surface area contributed by atoms with Crippen molar-refractivity contribution in [3.05, 3.63) is 0 Å². The molecule has 0 aliphatic rings. The number of amides is 2. The van der Waals surface area contributed by atoms with Crippen LogP contribution in [-0.2, 0) is 18.9 Å². The van der Waals surface area contributed by atoms with Crippen molar-refractivity contribution in [2.75, 3.05) is 27.4 Å². The van der Waals surface area contributed by atoms with Gasteiger partial charge in [-0.15, -0.1) is 4.90 Å². The molecule has 0 saturated carbocycles. The normalized spacial score (nSPS) is 11.7. The number of imide groups is 1. The molecular weight excluding hydrogens is 294 g/mol. The Morgan fingerprint density at radius 2 is 1.27 bits per heavy atom. The van der Waals surface area contributed by atoms with Crippen LogP contribution in [-0.4, -0.2) is 61.7 Å². The van der Waals surface area contributed by atoms with E-state index in [4.69, 9.17) is 30.1 Å². The van der Waals surface area contributed by atoms with E-state index in [2.05, 4.69) is 0 Å². The Labute approximate surface area is 130 Å². The Kier molecular flexibility index (Phi) is 7.27. The van der Waals surface area contributed by atoms with Gasteiger partial charge in [0.15, 0.2) is 0 Å². The molecule has 0 heterocycles. The Hall–Kier alpha value is -1.87. The van der Waals surface area contributed by atoms with Gasteiger partial charge in [0.2, 0.25) is 5.96 Å². The SMILES string of the molecule is COCC(C)(C)OC(=O)N(C(=N)N)C(=O)OC(C)(C)COC. The first kappa shape index (κ1) is 20.1. The summed E-state index contributed by atoms with van der Waals surface area (Å²) in [7, 11) is 2.89. The third-order valence-corrected chi connectivity index (χ3v) is 2.32. The molecule has 0 saturated heterocycles. The molecule has 9 heteroatoms. The fourth-order valence-electron chi connectivity index (χ4n) is 1.59. The molecule has 0 fully saturated rings. The smallest absolute Gasteiger partial charge is 0.427 e. The summed E-state index contributed by atoms with van der Waals surface area (Å²) in [5, 5.41) is 7.37. The Balaban J connectivity index is 5.03. The summed E-state index contributed by atoms with van der Waals surface area (Å²) < 4.78 is 20.0. The maximum Gasteiger partial charge on any atom is 0.427 e. The highest BCUT2D eigenvalue weighted by atomic mass is 16.6. The van der Waals surface area contributed by atoms with E-state index < -0.39 is 29.3 Å². The first-order valence-electron chi connectivity index (χ1n) is 6.54. The summed E-state index contributed by atoms with van der Waals surface area (Å²) in [5.74, 6) is -0.809. The van der Waals surface area contributed by atoms with Gasteiger partial charge in [-0.1, -0.05) is 0 Å². The third kappa shape index (κ3) is 6.72. The average Bonchev–Trinajstić information content (AvgIpc) is 2.25. The van der Waals surface area contributed by atoms with Gasteiger partial charge in [0.1, 0.15) is 11.2 Å². The van der Waals surface area contributed by atoms with Crippen LogP contribution in [0.3, 0.4) is 0 Å². The van der Waals surface area contributed by atoms with Crippen LogP contribution >= 0.6 is 0 Å². The van der Waals surface area contributed by atoms with Gasteiger partial charge in [-0.25, -0.2) is 9.59 Å². The van der Waals surface area contributed by atoms with E-state index in [9.17, 15) is 9.59 Å². The molecule has 9 nitrogen and oxygen atoms in total. The van der Waals surface area contributed by atoms with Gasteiger partial charge in [0.05, 0.1) is 13.2 Å². The topological polar surface area (TPSA) is 124 Å². The van der Waals surface area contributed by atoms with Crippen LogP contribution in [0.4, 0.5) is 9.59 Å². The first-order chi connectivity index (χ1) is 9.95. The quantitative estimate of drug-likeness (QED) is 0.558. The van der Waals surface area contributed by atoms with Crippen molar-refractivity contribution in [3.63, 3.8) is 0 Å². The molecule has 2 amide bonds. The zero-order chi connectivity index (χ0) is 17.6. The first-order valence-corrected chi connectivity index (χ1v) is 6.54. The largest absolute Gasteiger partial charge is 0.440 e. The molecule has 0 radical (unpaired) electrons. The number of rotatable bonds is 6. The molecule has 128 valence electrons. The van der Waals surface area contributed by atoms with Gasteiger partial charge >= 0.3 is 12.2 Å². The second-order valence-electron chi connectivity index (χ2n) is 5.84. The summed E-state index contributed by atoms with van der Waals surface area (Å²) in [6.07, 6.45) is -2.24. The molecule has 0 aliphatic carbocycles. The van der Waals surface area contributed by atoms with Crippen LogP contribution in [0.5, 0.6) is 0 Å². The van der Waals surface area contributed by atoms with Crippen LogP contribution in [0.25, 0.3) is 0 Å². The maximum absolute atomic E-state index is 12.1. The number of nitrogens with one attached hydrogen (secondary N) is 1. The molecule has 0 aromatic rings. The number of guanidine groups is 1. The molecular formula is C13H25N3O6. The van der Waals surface area contributed by atoms with Crippen molar-refractivity contribution in [2.45, 2.75) is 38.9 Å². The van der Waals surface area contributed by atoms with Gasteiger partial charge in [-0.2, -0.15) is 0 Å². The molecule has 22 heavy (non-hydrogen) atoms. The fraction of sp³-hybridized carbons (Fsp3) is 0.769. The van der Waals surface area contributed by atoms with Crippen molar-refractivity contribution >= 4 is 18.1 Å².